The lowest BCUT2D eigenvalue weighted by molar-refractivity contribution is 0.519. The van der Waals surface area contributed by atoms with Gasteiger partial charge >= 0.3 is 0 Å². The van der Waals surface area contributed by atoms with Gasteiger partial charge in [0.25, 0.3) is 0 Å². The second-order valence-electron chi connectivity index (χ2n) is 6.45. The summed E-state index contributed by atoms with van der Waals surface area (Å²) in [5.74, 6) is 1.21. The maximum atomic E-state index is 4.62. The van der Waals surface area contributed by atoms with Crippen molar-refractivity contribution in [3.05, 3.63) is 35.0 Å². The minimum absolute atomic E-state index is 0.719. The Kier molecular flexibility index (Phi) is 2.64. The highest BCUT2D eigenvalue weighted by molar-refractivity contribution is 5.47. The van der Waals surface area contributed by atoms with Gasteiger partial charge in [0, 0.05) is 18.3 Å². The van der Waals surface area contributed by atoms with Crippen LogP contribution >= 0.6 is 0 Å². The first-order valence-electron chi connectivity index (χ1n) is 7.72. The Labute approximate surface area is 115 Å². The molecule has 2 aliphatic heterocycles. The highest BCUT2D eigenvalue weighted by Gasteiger charge is 2.40. The van der Waals surface area contributed by atoms with Gasteiger partial charge in [-0.1, -0.05) is 11.1 Å². The highest BCUT2D eigenvalue weighted by atomic mass is 15.3. The molecule has 1 aromatic heterocycles. The minimum Gasteiger partial charge on any atom is -0.350 e. The number of pyridine rings is 1. The molecule has 3 heterocycles. The van der Waals surface area contributed by atoms with Gasteiger partial charge in [0.15, 0.2) is 0 Å². The zero-order valence-electron chi connectivity index (χ0n) is 11.7. The summed E-state index contributed by atoms with van der Waals surface area (Å²) in [6.07, 6.45) is 11.5. The van der Waals surface area contributed by atoms with Gasteiger partial charge in [0.2, 0.25) is 0 Å². The summed E-state index contributed by atoms with van der Waals surface area (Å²) in [7, 11) is 0. The van der Waals surface area contributed by atoms with Crippen LogP contribution in [0.25, 0.3) is 0 Å². The van der Waals surface area contributed by atoms with E-state index in [0.717, 1.165) is 12.1 Å². The standard InChI is InChI=1S/C17H22N2/c1-12-7-8-18-17(9-12)19-15-5-6-16(19)11-14(10-15)13-3-2-4-13/h7-9,15-16H,2-6,10-11H2,1H3. The number of aryl methyl sites for hydroxylation is 1. The van der Waals surface area contributed by atoms with E-state index in [0.29, 0.717) is 0 Å². The van der Waals surface area contributed by atoms with Crippen LogP contribution in [0.5, 0.6) is 0 Å². The average Bonchev–Trinajstić information content (AvgIpc) is 2.59. The molecule has 2 bridgehead atoms. The third-order valence-electron chi connectivity index (χ3n) is 5.21. The number of anilines is 1. The summed E-state index contributed by atoms with van der Waals surface area (Å²) in [6, 6.07) is 5.79. The monoisotopic (exact) mass is 254 g/mol. The number of allylic oxidation sites excluding steroid dienone is 1. The summed E-state index contributed by atoms with van der Waals surface area (Å²) < 4.78 is 0. The molecule has 0 aromatic carbocycles. The van der Waals surface area contributed by atoms with E-state index in [1.54, 1.807) is 5.57 Å². The fourth-order valence-corrected chi connectivity index (χ4v) is 4.05. The lowest BCUT2D eigenvalue weighted by Crippen LogP contribution is -2.41. The second-order valence-corrected chi connectivity index (χ2v) is 6.45. The van der Waals surface area contributed by atoms with Crippen LogP contribution in [0, 0.1) is 6.92 Å². The van der Waals surface area contributed by atoms with Crippen molar-refractivity contribution in [3.63, 3.8) is 0 Å². The molecule has 100 valence electrons. The molecule has 3 fully saturated rings. The van der Waals surface area contributed by atoms with Crippen LogP contribution in [0.1, 0.15) is 50.5 Å². The lowest BCUT2D eigenvalue weighted by atomic mass is 9.82. The van der Waals surface area contributed by atoms with Gasteiger partial charge in [-0.05, 0) is 69.6 Å². The van der Waals surface area contributed by atoms with Crippen molar-refractivity contribution in [2.24, 2.45) is 0 Å². The van der Waals surface area contributed by atoms with E-state index in [9.17, 15) is 0 Å². The fourth-order valence-electron chi connectivity index (χ4n) is 4.05. The Morgan fingerprint density at radius 3 is 2.42 bits per heavy atom. The van der Waals surface area contributed by atoms with Crippen LogP contribution in [-0.2, 0) is 0 Å². The van der Waals surface area contributed by atoms with Crippen molar-refractivity contribution >= 4 is 5.82 Å². The molecule has 4 rings (SSSR count). The van der Waals surface area contributed by atoms with Crippen LogP contribution < -0.4 is 4.90 Å². The summed E-state index contributed by atoms with van der Waals surface area (Å²) in [4.78, 5) is 7.24. The molecule has 1 aliphatic carbocycles. The largest absolute Gasteiger partial charge is 0.350 e. The topological polar surface area (TPSA) is 16.1 Å². The first-order valence-corrected chi connectivity index (χ1v) is 7.72. The first kappa shape index (κ1) is 11.5. The summed E-state index contributed by atoms with van der Waals surface area (Å²) in [5.41, 5.74) is 4.93. The summed E-state index contributed by atoms with van der Waals surface area (Å²) >= 11 is 0. The van der Waals surface area contributed by atoms with Gasteiger partial charge in [-0.3, -0.25) is 0 Å². The van der Waals surface area contributed by atoms with Crippen molar-refractivity contribution in [2.45, 2.75) is 64.0 Å². The van der Waals surface area contributed by atoms with Gasteiger partial charge in [-0.15, -0.1) is 0 Å². The predicted molar refractivity (Wildman–Crippen MR) is 78.4 cm³/mol. The van der Waals surface area contributed by atoms with Gasteiger partial charge < -0.3 is 4.90 Å². The van der Waals surface area contributed by atoms with Crippen LogP contribution in [0.15, 0.2) is 29.5 Å². The third-order valence-corrected chi connectivity index (χ3v) is 5.21. The molecule has 2 unspecified atom stereocenters. The van der Waals surface area contributed by atoms with Crippen LogP contribution in [0.4, 0.5) is 5.82 Å². The van der Waals surface area contributed by atoms with Crippen molar-refractivity contribution in [3.8, 4) is 0 Å². The first-order chi connectivity index (χ1) is 9.31. The number of rotatable bonds is 1. The molecule has 0 radical (unpaired) electrons. The maximum Gasteiger partial charge on any atom is 0.129 e. The highest BCUT2D eigenvalue weighted by Crippen LogP contribution is 2.44. The Bertz CT molecular complexity index is 510. The number of hydrogen-bond acceptors (Lipinski definition) is 2. The fraction of sp³-hybridized carbons (Fsp3) is 0.588. The molecular weight excluding hydrogens is 232 g/mol. The quantitative estimate of drug-likeness (QED) is 0.704. The smallest absolute Gasteiger partial charge is 0.129 e. The van der Waals surface area contributed by atoms with E-state index >= 15 is 0 Å². The lowest BCUT2D eigenvalue weighted by Gasteiger charge is -2.39. The van der Waals surface area contributed by atoms with E-state index in [4.69, 9.17) is 0 Å². The van der Waals surface area contributed by atoms with Gasteiger partial charge in [0.05, 0.1) is 0 Å². The van der Waals surface area contributed by atoms with Crippen LogP contribution in [-0.4, -0.2) is 17.1 Å². The molecular formula is C17H22N2. The number of aromatic nitrogens is 1. The zero-order chi connectivity index (χ0) is 12.8. The summed E-state index contributed by atoms with van der Waals surface area (Å²) in [5, 5.41) is 0. The normalized spacial score (nSPS) is 29.6. The molecule has 0 N–H and O–H groups in total. The predicted octanol–water partition coefficient (Wildman–Crippen LogP) is 4.00. The number of nitrogens with zero attached hydrogens (tertiary/aromatic N) is 2. The Hall–Kier alpha value is -1.31. The molecule has 19 heavy (non-hydrogen) atoms. The molecule has 2 nitrogen and oxygen atoms in total. The van der Waals surface area contributed by atoms with E-state index in [1.807, 2.05) is 11.8 Å². The van der Waals surface area contributed by atoms with Gasteiger partial charge in [-0.2, -0.15) is 0 Å². The number of fused-ring (bicyclic) bond motifs is 2. The van der Waals surface area contributed by atoms with Crippen molar-refractivity contribution < 1.29 is 0 Å². The third kappa shape index (κ3) is 1.89. The van der Waals surface area contributed by atoms with E-state index in [-0.39, 0.29) is 0 Å². The SMILES string of the molecule is Cc1ccnc(N2C3CCC2CC(=C2CCC2)C3)c1. The Balaban J connectivity index is 1.63. The molecule has 0 spiro atoms. The Morgan fingerprint density at radius 1 is 1.11 bits per heavy atom. The number of hydrogen-bond donors (Lipinski definition) is 0. The maximum absolute atomic E-state index is 4.62. The van der Waals surface area contributed by atoms with Crippen molar-refractivity contribution in [2.75, 3.05) is 4.90 Å². The molecule has 0 amide bonds. The summed E-state index contributed by atoms with van der Waals surface area (Å²) in [6.45, 7) is 2.17. The minimum atomic E-state index is 0.719. The molecule has 2 heteroatoms. The van der Waals surface area contributed by atoms with Crippen LogP contribution in [0.3, 0.4) is 0 Å². The van der Waals surface area contributed by atoms with Crippen molar-refractivity contribution in [1.82, 2.24) is 4.98 Å². The molecule has 1 saturated carbocycles. The molecule has 3 aliphatic rings. The van der Waals surface area contributed by atoms with E-state index in [2.05, 4.69) is 28.9 Å². The molecule has 2 atom stereocenters. The molecule has 2 saturated heterocycles. The number of piperidine rings is 1. The van der Waals surface area contributed by atoms with Gasteiger partial charge in [-0.25, -0.2) is 4.98 Å². The van der Waals surface area contributed by atoms with Crippen LogP contribution in [0.2, 0.25) is 0 Å². The molecule has 1 aromatic rings. The van der Waals surface area contributed by atoms with Crippen molar-refractivity contribution in [1.29, 1.82) is 0 Å². The van der Waals surface area contributed by atoms with E-state index < -0.39 is 0 Å². The second kappa shape index (κ2) is 4.36. The average molecular weight is 254 g/mol. The van der Waals surface area contributed by atoms with E-state index in [1.165, 1.54) is 56.3 Å². The zero-order valence-corrected chi connectivity index (χ0v) is 11.7. The Morgan fingerprint density at radius 2 is 1.84 bits per heavy atom. The van der Waals surface area contributed by atoms with Gasteiger partial charge in [0.1, 0.15) is 5.82 Å².